The molecule has 2 heterocycles. The van der Waals surface area contributed by atoms with Crippen molar-refractivity contribution in [3.8, 4) is 22.8 Å². The monoisotopic (exact) mass is 426 g/mol. The van der Waals surface area contributed by atoms with Gasteiger partial charge in [0.2, 0.25) is 5.82 Å². The minimum Gasteiger partial charge on any atom is -0.334 e. The second kappa shape index (κ2) is 6.62. The third-order valence-electron chi connectivity index (χ3n) is 4.21. The van der Waals surface area contributed by atoms with Gasteiger partial charge in [0.1, 0.15) is 0 Å². The van der Waals surface area contributed by atoms with Crippen LogP contribution in [0.25, 0.3) is 33.9 Å². The minimum atomic E-state index is -0.656. The third-order valence-corrected chi connectivity index (χ3v) is 4.74. The van der Waals surface area contributed by atoms with Crippen LogP contribution in [0.4, 0.5) is 0 Å². The van der Waals surface area contributed by atoms with E-state index in [1.165, 1.54) is 4.57 Å². The highest BCUT2D eigenvalue weighted by molar-refractivity contribution is 9.10. The number of fused-ring (bicyclic) bond motifs is 1. The maximum Gasteiger partial charge on any atom is 0.316 e. The molecular weight excluding hydrogens is 412 g/mol. The first kappa shape index (κ1) is 17.4. The van der Waals surface area contributed by atoms with Crippen molar-refractivity contribution in [2.45, 2.75) is 19.9 Å². The van der Waals surface area contributed by atoms with Gasteiger partial charge in [-0.3, -0.25) is 14.2 Å². The molecule has 2 aromatic carbocycles. The fourth-order valence-electron chi connectivity index (χ4n) is 2.94. The number of H-pyrrole nitrogens is 1. The molecule has 8 heteroatoms. The molecule has 0 amide bonds. The Morgan fingerprint density at radius 2 is 1.78 bits per heavy atom. The molecular formula is C19H15BrN4O3. The molecule has 0 bridgehead atoms. The molecule has 2 aromatic heterocycles. The smallest absolute Gasteiger partial charge is 0.316 e. The molecule has 0 aliphatic heterocycles. The van der Waals surface area contributed by atoms with E-state index in [0.29, 0.717) is 28.3 Å². The molecule has 0 saturated carbocycles. The summed E-state index contributed by atoms with van der Waals surface area (Å²) in [6.07, 6.45) is 0. The molecule has 1 N–H and O–H groups in total. The average molecular weight is 427 g/mol. The summed E-state index contributed by atoms with van der Waals surface area (Å²) in [6.45, 7) is 3.72. The Kier molecular flexibility index (Phi) is 4.27. The van der Waals surface area contributed by atoms with E-state index >= 15 is 0 Å². The van der Waals surface area contributed by atoms with Gasteiger partial charge in [-0.25, -0.2) is 0 Å². The molecule has 0 atom stereocenters. The van der Waals surface area contributed by atoms with Gasteiger partial charge in [-0.2, -0.15) is 4.98 Å². The highest BCUT2D eigenvalue weighted by Crippen LogP contribution is 2.25. The molecule has 4 rings (SSSR count). The van der Waals surface area contributed by atoms with Crippen molar-refractivity contribution in [1.82, 2.24) is 19.7 Å². The van der Waals surface area contributed by atoms with Gasteiger partial charge < -0.3 is 9.51 Å². The Morgan fingerprint density at radius 1 is 1.07 bits per heavy atom. The van der Waals surface area contributed by atoms with Crippen molar-refractivity contribution in [3.05, 3.63) is 67.6 Å². The predicted molar refractivity (Wildman–Crippen MR) is 106 cm³/mol. The second-order valence-corrected chi connectivity index (χ2v) is 7.30. The Bertz CT molecular complexity index is 1250. The molecule has 0 fully saturated rings. The minimum absolute atomic E-state index is 0.137. The summed E-state index contributed by atoms with van der Waals surface area (Å²) in [4.78, 5) is 31.2. The standard InChI is InChI=1S/C19H15BrN4O3/c1-10(2)24-15-8-5-12(9-14(15)21-17(25)19(24)26)16-22-18(27-23-16)11-3-6-13(20)7-4-11/h3-10H,1-2H3,(H,21,25). The Balaban J connectivity index is 1.81. The molecule has 0 aliphatic rings. The van der Waals surface area contributed by atoms with E-state index in [2.05, 4.69) is 31.1 Å². The molecule has 136 valence electrons. The van der Waals surface area contributed by atoms with E-state index in [9.17, 15) is 9.59 Å². The van der Waals surface area contributed by atoms with E-state index < -0.39 is 11.1 Å². The van der Waals surface area contributed by atoms with Crippen molar-refractivity contribution >= 4 is 27.0 Å². The maximum atomic E-state index is 12.1. The largest absolute Gasteiger partial charge is 0.334 e. The summed E-state index contributed by atoms with van der Waals surface area (Å²) in [5, 5.41) is 4.03. The van der Waals surface area contributed by atoms with Crippen LogP contribution in [-0.2, 0) is 0 Å². The van der Waals surface area contributed by atoms with Gasteiger partial charge >= 0.3 is 11.1 Å². The summed E-state index contributed by atoms with van der Waals surface area (Å²) in [5.74, 6) is 0.802. The van der Waals surface area contributed by atoms with Crippen LogP contribution in [0.1, 0.15) is 19.9 Å². The summed E-state index contributed by atoms with van der Waals surface area (Å²) in [7, 11) is 0. The maximum absolute atomic E-state index is 12.1. The van der Waals surface area contributed by atoms with E-state index in [0.717, 1.165) is 10.0 Å². The van der Waals surface area contributed by atoms with Gasteiger partial charge in [0.05, 0.1) is 11.0 Å². The zero-order chi connectivity index (χ0) is 19.1. The van der Waals surface area contributed by atoms with Crippen molar-refractivity contribution in [3.63, 3.8) is 0 Å². The van der Waals surface area contributed by atoms with Gasteiger partial charge in [-0.05, 0) is 56.3 Å². The second-order valence-electron chi connectivity index (χ2n) is 6.38. The number of halogens is 1. The number of aromatic nitrogens is 4. The van der Waals surface area contributed by atoms with E-state index in [4.69, 9.17) is 4.52 Å². The van der Waals surface area contributed by atoms with Gasteiger partial charge in [0, 0.05) is 21.6 Å². The Hall–Kier alpha value is -3.00. The van der Waals surface area contributed by atoms with Crippen LogP contribution >= 0.6 is 15.9 Å². The number of nitrogens with one attached hydrogen (secondary N) is 1. The van der Waals surface area contributed by atoms with Gasteiger partial charge in [0.15, 0.2) is 0 Å². The first-order valence-electron chi connectivity index (χ1n) is 8.32. The average Bonchev–Trinajstić information content (AvgIpc) is 3.13. The van der Waals surface area contributed by atoms with Crippen LogP contribution in [0.5, 0.6) is 0 Å². The number of hydrogen-bond acceptors (Lipinski definition) is 5. The lowest BCUT2D eigenvalue weighted by Gasteiger charge is -2.13. The predicted octanol–water partition coefficient (Wildman–Crippen LogP) is 3.75. The van der Waals surface area contributed by atoms with Crippen molar-refractivity contribution < 1.29 is 4.52 Å². The lowest BCUT2D eigenvalue weighted by molar-refractivity contribution is 0.432. The number of aromatic amines is 1. The van der Waals surface area contributed by atoms with Crippen LogP contribution in [0.2, 0.25) is 0 Å². The number of hydrogen-bond donors (Lipinski definition) is 1. The first-order valence-corrected chi connectivity index (χ1v) is 9.12. The number of benzene rings is 2. The Morgan fingerprint density at radius 3 is 2.48 bits per heavy atom. The SMILES string of the molecule is CC(C)n1c(=O)c(=O)[nH]c2cc(-c3noc(-c4ccc(Br)cc4)n3)ccc21. The van der Waals surface area contributed by atoms with Crippen LogP contribution in [0.15, 0.2) is 61.0 Å². The zero-order valence-corrected chi connectivity index (χ0v) is 16.1. The fraction of sp³-hybridized carbons (Fsp3) is 0.158. The van der Waals surface area contributed by atoms with E-state index in [1.54, 1.807) is 18.2 Å². The molecule has 0 aliphatic carbocycles. The fourth-order valence-corrected chi connectivity index (χ4v) is 3.21. The summed E-state index contributed by atoms with van der Waals surface area (Å²) in [5.41, 5.74) is 1.45. The summed E-state index contributed by atoms with van der Waals surface area (Å²) < 4.78 is 7.79. The summed E-state index contributed by atoms with van der Waals surface area (Å²) in [6, 6.07) is 12.7. The van der Waals surface area contributed by atoms with Crippen LogP contribution < -0.4 is 11.1 Å². The molecule has 0 unspecified atom stereocenters. The lowest BCUT2D eigenvalue weighted by Crippen LogP contribution is -2.37. The normalized spacial score (nSPS) is 11.4. The van der Waals surface area contributed by atoms with E-state index in [-0.39, 0.29) is 6.04 Å². The molecule has 0 spiro atoms. The Labute approximate surface area is 161 Å². The van der Waals surface area contributed by atoms with Crippen LogP contribution in [0, 0.1) is 0 Å². The molecule has 4 aromatic rings. The molecule has 0 saturated heterocycles. The van der Waals surface area contributed by atoms with Crippen LogP contribution in [0.3, 0.4) is 0 Å². The number of rotatable bonds is 3. The topological polar surface area (TPSA) is 93.8 Å². The van der Waals surface area contributed by atoms with Crippen molar-refractivity contribution in [1.29, 1.82) is 0 Å². The number of nitrogens with zero attached hydrogens (tertiary/aromatic N) is 3. The van der Waals surface area contributed by atoms with E-state index in [1.807, 2.05) is 38.1 Å². The first-order chi connectivity index (χ1) is 12.9. The summed E-state index contributed by atoms with van der Waals surface area (Å²) >= 11 is 3.39. The highest BCUT2D eigenvalue weighted by atomic mass is 79.9. The molecule has 27 heavy (non-hydrogen) atoms. The zero-order valence-electron chi connectivity index (χ0n) is 14.6. The quantitative estimate of drug-likeness (QED) is 0.503. The van der Waals surface area contributed by atoms with Gasteiger partial charge in [0.25, 0.3) is 5.89 Å². The van der Waals surface area contributed by atoms with Crippen LogP contribution in [-0.4, -0.2) is 19.7 Å². The molecule has 0 radical (unpaired) electrons. The third kappa shape index (κ3) is 3.12. The highest BCUT2D eigenvalue weighted by Gasteiger charge is 2.14. The van der Waals surface area contributed by atoms with Crippen molar-refractivity contribution in [2.75, 3.05) is 0 Å². The van der Waals surface area contributed by atoms with Gasteiger partial charge in [-0.15, -0.1) is 0 Å². The molecule has 7 nitrogen and oxygen atoms in total. The lowest BCUT2D eigenvalue weighted by atomic mass is 10.1. The van der Waals surface area contributed by atoms with Gasteiger partial charge in [-0.1, -0.05) is 21.1 Å². The van der Waals surface area contributed by atoms with Crippen molar-refractivity contribution in [2.24, 2.45) is 0 Å².